The fourth-order valence-corrected chi connectivity index (χ4v) is 4.51. The van der Waals surface area contributed by atoms with Gasteiger partial charge in [0.2, 0.25) is 5.88 Å². The van der Waals surface area contributed by atoms with Crippen LogP contribution in [-0.2, 0) is 18.3 Å². The van der Waals surface area contributed by atoms with Crippen LogP contribution in [-0.4, -0.2) is 38.9 Å². The Morgan fingerprint density at radius 3 is 3.07 bits per heavy atom. The van der Waals surface area contributed by atoms with Gasteiger partial charge in [-0.1, -0.05) is 0 Å². The minimum absolute atomic E-state index is 0.117. The van der Waals surface area contributed by atoms with E-state index in [1.165, 1.54) is 0 Å². The van der Waals surface area contributed by atoms with Crippen molar-refractivity contribution in [3.63, 3.8) is 0 Å². The van der Waals surface area contributed by atoms with E-state index in [1.807, 2.05) is 36.1 Å². The maximum Gasteiger partial charge on any atom is 0.241 e. The molecule has 2 fully saturated rings. The van der Waals surface area contributed by atoms with Crippen LogP contribution >= 0.6 is 0 Å². The molecule has 0 spiro atoms. The Kier molecular flexibility index (Phi) is 3.46. The van der Waals surface area contributed by atoms with E-state index in [-0.39, 0.29) is 12.2 Å². The van der Waals surface area contributed by atoms with Gasteiger partial charge in [0.25, 0.3) is 0 Å². The minimum atomic E-state index is 0.117. The maximum absolute atomic E-state index is 6.25. The Labute approximate surface area is 162 Å². The molecule has 0 saturated carbocycles. The fourth-order valence-electron chi connectivity index (χ4n) is 4.51. The highest BCUT2D eigenvalue weighted by atomic mass is 16.6. The molecular formula is C21H21N5O2. The molecule has 142 valence electrons. The average Bonchev–Trinajstić information content (AvgIpc) is 3.48. The number of aromatic nitrogens is 3. The highest BCUT2D eigenvalue weighted by Gasteiger charge is 2.42. The predicted octanol–water partition coefficient (Wildman–Crippen LogP) is 3.04. The third-order valence-electron chi connectivity index (χ3n) is 5.93. The van der Waals surface area contributed by atoms with Gasteiger partial charge in [-0.3, -0.25) is 14.7 Å². The lowest BCUT2D eigenvalue weighted by atomic mass is 9.98. The van der Waals surface area contributed by atoms with Gasteiger partial charge in [-0.2, -0.15) is 0 Å². The van der Waals surface area contributed by atoms with Gasteiger partial charge in [0, 0.05) is 30.9 Å². The van der Waals surface area contributed by atoms with Gasteiger partial charge in [-0.25, -0.2) is 0 Å². The SMILES string of the molecule is Cn1nc(OC2CC3CCC2O3)c2ccc(NC3=NCc4ncccc43)cc21. The molecule has 2 aromatic heterocycles. The number of ether oxygens (including phenoxy) is 2. The van der Waals surface area contributed by atoms with E-state index in [0.717, 1.165) is 52.9 Å². The van der Waals surface area contributed by atoms with Crippen LogP contribution in [0.15, 0.2) is 41.5 Å². The van der Waals surface area contributed by atoms with E-state index in [2.05, 4.69) is 32.5 Å². The molecule has 3 aliphatic heterocycles. The molecule has 7 nitrogen and oxygen atoms in total. The van der Waals surface area contributed by atoms with Crippen molar-refractivity contribution >= 4 is 22.4 Å². The van der Waals surface area contributed by atoms with Crippen molar-refractivity contribution in [1.29, 1.82) is 0 Å². The maximum atomic E-state index is 6.25. The van der Waals surface area contributed by atoms with Crippen LogP contribution in [0.5, 0.6) is 5.88 Å². The zero-order chi connectivity index (χ0) is 18.7. The highest BCUT2D eigenvalue weighted by molar-refractivity contribution is 6.10. The van der Waals surface area contributed by atoms with Crippen LogP contribution in [0.25, 0.3) is 10.9 Å². The van der Waals surface area contributed by atoms with Gasteiger partial charge >= 0.3 is 0 Å². The van der Waals surface area contributed by atoms with Crippen molar-refractivity contribution < 1.29 is 9.47 Å². The van der Waals surface area contributed by atoms with Crippen molar-refractivity contribution in [3.8, 4) is 5.88 Å². The quantitative estimate of drug-likeness (QED) is 0.762. The molecule has 3 unspecified atom stereocenters. The number of nitrogens with zero attached hydrogens (tertiary/aromatic N) is 4. The first-order chi connectivity index (χ1) is 13.7. The molecule has 0 aliphatic carbocycles. The molecule has 0 amide bonds. The number of benzene rings is 1. The number of amidine groups is 1. The molecule has 7 heteroatoms. The molecule has 5 heterocycles. The number of aryl methyl sites for hydroxylation is 1. The summed E-state index contributed by atoms with van der Waals surface area (Å²) in [6, 6.07) is 10.2. The van der Waals surface area contributed by atoms with E-state index >= 15 is 0 Å². The summed E-state index contributed by atoms with van der Waals surface area (Å²) >= 11 is 0. The van der Waals surface area contributed by atoms with Crippen LogP contribution < -0.4 is 10.1 Å². The lowest BCUT2D eigenvalue weighted by molar-refractivity contribution is 0.0625. The summed E-state index contributed by atoms with van der Waals surface area (Å²) in [4.78, 5) is 8.97. The zero-order valence-electron chi connectivity index (χ0n) is 15.6. The third-order valence-corrected chi connectivity index (χ3v) is 5.93. The second kappa shape index (κ2) is 6.04. The van der Waals surface area contributed by atoms with E-state index < -0.39 is 0 Å². The Morgan fingerprint density at radius 2 is 2.21 bits per heavy atom. The van der Waals surface area contributed by atoms with E-state index in [0.29, 0.717) is 18.5 Å². The zero-order valence-corrected chi connectivity index (χ0v) is 15.6. The van der Waals surface area contributed by atoms with Gasteiger partial charge in [-0.05, 0) is 43.2 Å². The molecule has 1 N–H and O–H groups in total. The largest absolute Gasteiger partial charge is 0.470 e. The van der Waals surface area contributed by atoms with Gasteiger partial charge in [-0.15, -0.1) is 5.10 Å². The minimum Gasteiger partial charge on any atom is -0.470 e. The van der Waals surface area contributed by atoms with Crippen molar-refractivity contribution in [2.45, 2.75) is 44.1 Å². The summed E-state index contributed by atoms with van der Waals surface area (Å²) in [7, 11) is 1.95. The Hall–Kier alpha value is -2.93. The summed E-state index contributed by atoms with van der Waals surface area (Å²) < 4.78 is 14.0. The number of rotatable bonds is 3. The monoisotopic (exact) mass is 375 g/mol. The van der Waals surface area contributed by atoms with E-state index in [1.54, 1.807) is 0 Å². The number of hydrogen-bond acceptors (Lipinski definition) is 6. The van der Waals surface area contributed by atoms with Gasteiger partial charge in [0.15, 0.2) is 0 Å². The third kappa shape index (κ3) is 2.50. The first-order valence-corrected chi connectivity index (χ1v) is 9.79. The number of aliphatic imine (C=N–C) groups is 1. The summed E-state index contributed by atoms with van der Waals surface area (Å²) in [5.74, 6) is 1.55. The van der Waals surface area contributed by atoms with Crippen molar-refractivity contribution in [2.24, 2.45) is 12.0 Å². The van der Waals surface area contributed by atoms with Gasteiger partial charge in [0.1, 0.15) is 11.9 Å². The number of pyridine rings is 1. The molecule has 3 aliphatic rings. The molecule has 2 saturated heterocycles. The molecule has 6 rings (SSSR count). The number of anilines is 1. The number of fused-ring (bicyclic) bond motifs is 4. The molecule has 1 aromatic carbocycles. The number of hydrogen-bond donors (Lipinski definition) is 1. The predicted molar refractivity (Wildman–Crippen MR) is 106 cm³/mol. The highest BCUT2D eigenvalue weighted by Crippen LogP contribution is 2.38. The van der Waals surface area contributed by atoms with Crippen LogP contribution in [0, 0.1) is 0 Å². The standard InChI is InChI=1S/C21H21N5O2/c1-26-17-9-12(24-20-14-3-2-8-22-16(14)11-23-20)4-6-15(17)21(25-26)28-19-10-13-5-7-18(19)27-13/h2-4,6,8-9,13,18-19H,5,7,10-11H2,1H3,(H,23,24). The first kappa shape index (κ1) is 16.1. The molecule has 28 heavy (non-hydrogen) atoms. The molecule has 3 atom stereocenters. The van der Waals surface area contributed by atoms with Crippen LogP contribution in [0.2, 0.25) is 0 Å². The number of nitrogens with one attached hydrogen (secondary N) is 1. The van der Waals surface area contributed by atoms with Crippen LogP contribution in [0.1, 0.15) is 30.5 Å². The van der Waals surface area contributed by atoms with E-state index in [4.69, 9.17) is 9.47 Å². The molecule has 0 radical (unpaired) electrons. The fraction of sp³-hybridized carbons (Fsp3) is 0.381. The lowest BCUT2D eigenvalue weighted by Crippen LogP contribution is -2.28. The molecular weight excluding hydrogens is 354 g/mol. The second-order valence-corrected chi connectivity index (χ2v) is 7.71. The summed E-state index contributed by atoms with van der Waals surface area (Å²) in [5.41, 5.74) is 4.07. The van der Waals surface area contributed by atoms with E-state index in [9.17, 15) is 0 Å². The molecule has 2 bridgehead atoms. The lowest BCUT2D eigenvalue weighted by Gasteiger charge is -2.18. The Morgan fingerprint density at radius 1 is 1.25 bits per heavy atom. The summed E-state index contributed by atoms with van der Waals surface area (Å²) in [5, 5.41) is 9.07. The molecule has 3 aromatic rings. The van der Waals surface area contributed by atoms with Gasteiger partial charge in [0.05, 0.1) is 35.3 Å². The average molecular weight is 375 g/mol. The Balaban J connectivity index is 1.27. The van der Waals surface area contributed by atoms with Crippen LogP contribution in [0.4, 0.5) is 5.69 Å². The van der Waals surface area contributed by atoms with Crippen molar-refractivity contribution in [3.05, 3.63) is 47.8 Å². The van der Waals surface area contributed by atoms with Crippen molar-refractivity contribution in [2.75, 3.05) is 5.32 Å². The Bertz CT molecular complexity index is 1110. The topological polar surface area (TPSA) is 73.6 Å². The smallest absolute Gasteiger partial charge is 0.241 e. The first-order valence-electron chi connectivity index (χ1n) is 9.79. The summed E-state index contributed by atoms with van der Waals surface area (Å²) in [6.45, 7) is 0.621. The van der Waals surface area contributed by atoms with Crippen molar-refractivity contribution in [1.82, 2.24) is 14.8 Å². The van der Waals surface area contributed by atoms with Crippen LogP contribution in [0.3, 0.4) is 0 Å². The van der Waals surface area contributed by atoms with Gasteiger partial charge < -0.3 is 14.8 Å². The summed E-state index contributed by atoms with van der Waals surface area (Å²) in [6.07, 6.45) is 5.73. The normalized spacial score (nSPS) is 25.2. The second-order valence-electron chi connectivity index (χ2n) is 7.71.